The molecule has 0 radical (unpaired) electrons. The molecule has 0 unspecified atom stereocenters. The number of aromatic hydroxyl groups is 1. The summed E-state index contributed by atoms with van der Waals surface area (Å²) in [5, 5.41) is 10.7. The summed E-state index contributed by atoms with van der Waals surface area (Å²) in [6.07, 6.45) is 3.21. The zero-order valence-corrected chi connectivity index (χ0v) is 24.6. The lowest BCUT2D eigenvalue weighted by Gasteiger charge is -2.42. The Kier molecular flexibility index (Phi) is 6.66. The van der Waals surface area contributed by atoms with Gasteiger partial charge < -0.3 is 5.11 Å². The Balaban J connectivity index is 1.27. The van der Waals surface area contributed by atoms with E-state index in [0.717, 1.165) is 11.0 Å². The van der Waals surface area contributed by atoms with E-state index in [2.05, 4.69) is 15.9 Å². The molecule has 1 aliphatic heterocycles. The van der Waals surface area contributed by atoms with Gasteiger partial charge >= 0.3 is 0 Å². The van der Waals surface area contributed by atoms with Crippen molar-refractivity contribution in [1.29, 1.82) is 0 Å². The van der Waals surface area contributed by atoms with Crippen LogP contribution in [0.3, 0.4) is 0 Å². The van der Waals surface area contributed by atoms with E-state index in [1.54, 1.807) is 54.6 Å². The van der Waals surface area contributed by atoms with Crippen molar-refractivity contribution >= 4 is 50.8 Å². The molecule has 218 valence electrons. The van der Waals surface area contributed by atoms with Gasteiger partial charge in [0.25, 0.3) is 0 Å². The molecule has 1 N–H and O–H groups in total. The topological polar surface area (TPSA) is 109 Å². The Morgan fingerprint density at radius 3 is 2.30 bits per heavy atom. The van der Waals surface area contributed by atoms with Crippen molar-refractivity contribution in [3.63, 3.8) is 0 Å². The number of nitrogens with zero attached hydrogens (tertiary/aromatic N) is 1. The molecule has 3 aliphatic carbocycles. The Bertz CT molecular complexity index is 1910. The third kappa shape index (κ3) is 4.17. The number of ketones is 3. The van der Waals surface area contributed by atoms with Gasteiger partial charge in [-0.2, -0.15) is 0 Å². The van der Waals surface area contributed by atoms with Crippen LogP contribution < -0.4 is 4.90 Å². The zero-order chi connectivity index (χ0) is 30.9. The van der Waals surface area contributed by atoms with E-state index in [1.807, 2.05) is 6.07 Å². The maximum absolute atomic E-state index is 14.6. The van der Waals surface area contributed by atoms with Gasteiger partial charge in [-0.1, -0.05) is 54.1 Å². The van der Waals surface area contributed by atoms with Crippen LogP contribution in [0.15, 0.2) is 106 Å². The number of hydrogen-bond donors (Lipinski definition) is 1. The predicted molar refractivity (Wildman–Crippen MR) is 161 cm³/mol. The van der Waals surface area contributed by atoms with E-state index < -0.39 is 58.6 Å². The Hall–Kier alpha value is -4.76. The minimum atomic E-state index is -0.964. The average molecular weight is 652 g/mol. The molecule has 0 bridgehead atoms. The van der Waals surface area contributed by atoms with Gasteiger partial charge in [-0.15, -0.1) is 0 Å². The first-order valence-electron chi connectivity index (χ1n) is 14.1. The van der Waals surface area contributed by atoms with Crippen molar-refractivity contribution < 1.29 is 33.5 Å². The highest BCUT2D eigenvalue weighted by Gasteiger charge is 2.57. The standard InChI is InChI=1S/C35H23BrFNO6/c36-25-16-27(39)30-24(32(25)41)15-23-20(28(30)21-7-4-8-26(37)33(21)42)13-14-22-29(23)35(44)38(34(22)43)19-11-9-18(10-12-19)31(40)17-5-2-1-3-6-17/h1-13,16,22-23,28-29,42H,14-15H2/t22-,23+,28+,29-/m0/s1. The van der Waals surface area contributed by atoms with Crippen molar-refractivity contribution in [2.75, 3.05) is 4.90 Å². The van der Waals surface area contributed by atoms with Gasteiger partial charge in [-0.3, -0.25) is 28.9 Å². The second-order valence-corrected chi connectivity index (χ2v) is 12.2. The van der Waals surface area contributed by atoms with Crippen LogP contribution in [0.5, 0.6) is 5.75 Å². The van der Waals surface area contributed by atoms with Crippen LogP contribution in [0.1, 0.15) is 40.2 Å². The smallest absolute Gasteiger partial charge is 0.238 e. The Labute approximate surface area is 259 Å². The number of benzene rings is 3. The lowest BCUT2D eigenvalue weighted by molar-refractivity contribution is -0.123. The number of amides is 2. The number of fused-ring (bicyclic) bond motifs is 3. The van der Waals surface area contributed by atoms with E-state index in [4.69, 9.17) is 0 Å². The molecule has 3 aromatic rings. The number of carbonyl (C=O) groups is 5. The van der Waals surface area contributed by atoms with Gasteiger partial charge in [-0.25, -0.2) is 4.39 Å². The number of carbonyl (C=O) groups excluding carboxylic acids is 5. The highest BCUT2D eigenvalue weighted by molar-refractivity contribution is 9.12. The number of hydrogen-bond acceptors (Lipinski definition) is 6. The summed E-state index contributed by atoms with van der Waals surface area (Å²) in [6, 6.07) is 19.1. The summed E-state index contributed by atoms with van der Waals surface area (Å²) in [5.41, 5.74) is 2.29. The molecule has 1 saturated heterocycles. The van der Waals surface area contributed by atoms with Gasteiger partial charge in [0.15, 0.2) is 28.9 Å². The van der Waals surface area contributed by atoms with Gasteiger partial charge in [0.1, 0.15) is 0 Å². The summed E-state index contributed by atoms with van der Waals surface area (Å²) in [5.74, 6) is -6.57. The third-order valence-electron chi connectivity index (χ3n) is 9.08. The molecule has 2 amide bonds. The summed E-state index contributed by atoms with van der Waals surface area (Å²) >= 11 is 3.17. The first-order chi connectivity index (χ1) is 21.2. The molecule has 4 atom stereocenters. The number of phenolic OH excluding ortho intramolecular Hbond substituents is 1. The predicted octanol–water partition coefficient (Wildman–Crippen LogP) is 5.73. The largest absolute Gasteiger partial charge is 0.505 e. The average Bonchev–Trinajstić information content (AvgIpc) is 3.29. The maximum Gasteiger partial charge on any atom is 0.238 e. The first kappa shape index (κ1) is 28.0. The van der Waals surface area contributed by atoms with Crippen LogP contribution in [0.2, 0.25) is 0 Å². The molecule has 44 heavy (non-hydrogen) atoms. The molecule has 0 aromatic heterocycles. The molecular formula is C35H23BrFNO6. The highest BCUT2D eigenvalue weighted by Crippen LogP contribution is 2.56. The van der Waals surface area contributed by atoms with Crippen molar-refractivity contribution in [2.45, 2.75) is 18.8 Å². The quantitative estimate of drug-likeness (QED) is 0.167. The minimum absolute atomic E-state index is 0.0415. The highest BCUT2D eigenvalue weighted by atomic mass is 79.9. The monoisotopic (exact) mass is 651 g/mol. The number of rotatable bonds is 4. The number of anilines is 1. The molecule has 3 aromatic carbocycles. The van der Waals surface area contributed by atoms with Crippen molar-refractivity contribution in [3.05, 3.63) is 129 Å². The number of allylic oxidation sites excluding steroid dienone is 6. The van der Waals surface area contributed by atoms with Crippen LogP contribution >= 0.6 is 15.9 Å². The molecule has 7 rings (SSSR count). The molecule has 1 heterocycles. The number of halogens is 2. The zero-order valence-electron chi connectivity index (χ0n) is 23.0. The van der Waals surface area contributed by atoms with E-state index in [-0.39, 0.29) is 39.8 Å². The third-order valence-corrected chi connectivity index (χ3v) is 9.67. The second kappa shape index (κ2) is 10.4. The van der Waals surface area contributed by atoms with Crippen LogP contribution in [0.25, 0.3) is 0 Å². The maximum atomic E-state index is 14.6. The van der Waals surface area contributed by atoms with Gasteiger partial charge in [0.2, 0.25) is 11.8 Å². The lowest BCUT2D eigenvalue weighted by Crippen LogP contribution is -2.39. The van der Waals surface area contributed by atoms with E-state index in [1.165, 1.54) is 18.2 Å². The van der Waals surface area contributed by atoms with Gasteiger partial charge in [0.05, 0.1) is 22.0 Å². The number of phenols is 1. The molecule has 7 nitrogen and oxygen atoms in total. The molecule has 9 heteroatoms. The molecule has 0 saturated carbocycles. The summed E-state index contributed by atoms with van der Waals surface area (Å²) < 4.78 is 14.6. The number of Topliss-reactive ketones (excluding diaryl/α,β-unsaturated/α-hetero) is 1. The second-order valence-electron chi connectivity index (χ2n) is 11.3. The SMILES string of the molecule is O=C1C=C(Br)C(=O)C2=C1[C@@H](c1cccc(F)c1O)C1=CC[C@@H]3C(=O)N(c4ccc(C(=O)c5ccccc5)cc4)C(=O)[C@@H]3[C@@H]1C2. The Morgan fingerprint density at radius 1 is 0.864 bits per heavy atom. The fraction of sp³-hybridized carbons (Fsp3) is 0.171. The molecule has 4 aliphatic rings. The van der Waals surface area contributed by atoms with E-state index in [9.17, 15) is 33.5 Å². The lowest BCUT2D eigenvalue weighted by atomic mass is 9.59. The fourth-order valence-corrected chi connectivity index (χ4v) is 7.55. The summed E-state index contributed by atoms with van der Waals surface area (Å²) in [6.45, 7) is 0. The van der Waals surface area contributed by atoms with Gasteiger partial charge in [-0.05, 0) is 65.0 Å². The summed E-state index contributed by atoms with van der Waals surface area (Å²) in [7, 11) is 0. The molecule has 0 spiro atoms. The van der Waals surface area contributed by atoms with Crippen LogP contribution in [-0.4, -0.2) is 34.3 Å². The van der Waals surface area contributed by atoms with Crippen LogP contribution in [0, 0.1) is 23.6 Å². The van der Waals surface area contributed by atoms with E-state index >= 15 is 0 Å². The number of para-hydroxylation sites is 1. The van der Waals surface area contributed by atoms with Crippen molar-refractivity contribution in [1.82, 2.24) is 0 Å². The van der Waals surface area contributed by atoms with Crippen LogP contribution in [-0.2, 0) is 19.2 Å². The molecule has 1 fully saturated rings. The summed E-state index contributed by atoms with van der Waals surface area (Å²) in [4.78, 5) is 68.5. The normalized spacial score (nSPS) is 24.5. The number of imide groups is 1. The molecular weight excluding hydrogens is 629 g/mol. The van der Waals surface area contributed by atoms with Gasteiger partial charge in [0, 0.05) is 39.8 Å². The van der Waals surface area contributed by atoms with Crippen LogP contribution in [0.4, 0.5) is 10.1 Å². The first-order valence-corrected chi connectivity index (χ1v) is 14.9. The Morgan fingerprint density at radius 2 is 1.57 bits per heavy atom. The van der Waals surface area contributed by atoms with Crippen molar-refractivity contribution in [2.24, 2.45) is 17.8 Å². The van der Waals surface area contributed by atoms with Crippen molar-refractivity contribution in [3.8, 4) is 5.75 Å². The van der Waals surface area contributed by atoms with E-state index in [0.29, 0.717) is 22.4 Å². The minimum Gasteiger partial charge on any atom is -0.505 e. The fourth-order valence-electron chi connectivity index (χ4n) is 7.10.